The summed E-state index contributed by atoms with van der Waals surface area (Å²) in [5.74, 6) is -1.41. The molecule has 0 unspecified atom stereocenters. The standard InChI is InChI=1S/C20H19N3O5S/c1-12-9-15(10-16-18(25)21-20(27)29-16)13(2)23(12)22(11-17(24)28-3)19(26)14-7-5-4-6-8-14/h4-10H,11H2,1-3H3,(H,21,25,27)/b16-10+. The number of hydrogen-bond acceptors (Lipinski definition) is 6. The van der Waals surface area contributed by atoms with Gasteiger partial charge in [0.2, 0.25) is 0 Å². The van der Waals surface area contributed by atoms with Crippen molar-refractivity contribution in [3.05, 3.63) is 63.8 Å². The fourth-order valence-corrected chi connectivity index (χ4v) is 3.68. The zero-order valence-corrected chi connectivity index (χ0v) is 16.9. The molecule has 2 heterocycles. The summed E-state index contributed by atoms with van der Waals surface area (Å²) in [7, 11) is 1.26. The van der Waals surface area contributed by atoms with E-state index in [1.54, 1.807) is 61.0 Å². The Kier molecular flexibility index (Phi) is 5.88. The lowest BCUT2D eigenvalue weighted by Gasteiger charge is -2.26. The van der Waals surface area contributed by atoms with Gasteiger partial charge in [-0.15, -0.1) is 0 Å². The lowest BCUT2D eigenvalue weighted by Crippen LogP contribution is -2.45. The maximum Gasteiger partial charge on any atom is 0.327 e. The Morgan fingerprint density at radius 2 is 1.90 bits per heavy atom. The van der Waals surface area contributed by atoms with Gasteiger partial charge in [0, 0.05) is 17.0 Å². The fraction of sp³-hybridized carbons (Fsp3) is 0.200. The molecule has 1 aromatic carbocycles. The van der Waals surface area contributed by atoms with Crippen LogP contribution in [0.4, 0.5) is 4.79 Å². The van der Waals surface area contributed by atoms with Crippen molar-refractivity contribution in [1.82, 2.24) is 9.99 Å². The van der Waals surface area contributed by atoms with Crippen molar-refractivity contribution in [2.24, 2.45) is 0 Å². The van der Waals surface area contributed by atoms with Gasteiger partial charge in [-0.1, -0.05) is 18.2 Å². The van der Waals surface area contributed by atoms with Gasteiger partial charge in [0.15, 0.2) is 0 Å². The molecule has 1 fully saturated rings. The Hall–Kier alpha value is -3.33. The summed E-state index contributed by atoms with van der Waals surface area (Å²) >= 11 is 0.816. The first-order valence-corrected chi connectivity index (χ1v) is 9.51. The molecule has 150 valence electrons. The van der Waals surface area contributed by atoms with Gasteiger partial charge in [-0.3, -0.25) is 29.2 Å². The predicted molar refractivity (Wildman–Crippen MR) is 109 cm³/mol. The Morgan fingerprint density at radius 1 is 1.21 bits per heavy atom. The molecule has 3 amide bonds. The molecule has 0 atom stereocenters. The van der Waals surface area contributed by atoms with Gasteiger partial charge in [-0.05, 0) is 55.4 Å². The number of esters is 1. The topological polar surface area (TPSA) is 97.7 Å². The third-order valence-electron chi connectivity index (χ3n) is 4.37. The van der Waals surface area contributed by atoms with Crippen LogP contribution >= 0.6 is 11.8 Å². The summed E-state index contributed by atoms with van der Waals surface area (Å²) < 4.78 is 6.37. The lowest BCUT2D eigenvalue weighted by atomic mass is 10.2. The van der Waals surface area contributed by atoms with E-state index in [2.05, 4.69) is 5.32 Å². The molecule has 1 aliphatic heterocycles. The molecule has 1 aliphatic rings. The Bertz CT molecular complexity index is 1030. The van der Waals surface area contributed by atoms with Crippen LogP contribution in [0.1, 0.15) is 27.3 Å². The lowest BCUT2D eigenvalue weighted by molar-refractivity contribution is -0.139. The molecule has 3 rings (SSSR count). The van der Waals surface area contributed by atoms with Gasteiger partial charge in [-0.2, -0.15) is 0 Å². The molecule has 0 aliphatic carbocycles. The molecule has 0 radical (unpaired) electrons. The van der Waals surface area contributed by atoms with Crippen molar-refractivity contribution in [3.8, 4) is 0 Å². The average Bonchev–Trinajstić information content (AvgIpc) is 3.17. The van der Waals surface area contributed by atoms with E-state index in [1.807, 2.05) is 0 Å². The van der Waals surface area contributed by atoms with Crippen molar-refractivity contribution in [1.29, 1.82) is 0 Å². The Labute approximate surface area is 171 Å². The van der Waals surface area contributed by atoms with E-state index in [9.17, 15) is 19.2 Å². The van der Waals surface area contributed by atoms with Crippen molar-refractivity contribution in [2.75, 3.05) is 18.7 Å². The number of rotatable bonds is 5. The fourth-order valence-electron chi connectivity index (χ4n) is 3.01. The largest absolute Gasteiger partial charge is 0.468 e. The molecule has 2 aromatic rings. The number of aryl methyl sites for hydroxylation is 1. The second kappa shape index (κ2) is 8.36. The second-order valence-electron chi connectivity index (χ2n) is 6.30. The number of carbonyl (C=O) groups is 4. The number of amides is 3. The van der Waals surface area contributed by atoms with E-state index in [-0.39, 0.29) is 17.4 Å². The van der Waals surface area contributed by atoms with Crippen LogP contribution in [0.2, 0.25) is 0 Å². The number of thioether (sulfide) groups is 1. The van der Waals surface area contributed by atoms with E-state index in [0.717, 1.165) is 11.8 Å². The minimum absolute atomic E-state index is 0.268. The number of imide groups is 1. The SMILES string of the molecule is COC(=O)CN(C(=O)c1ccccc1)n1c(C)cc(/C=C2/SC(=O)NC2=O)c1C. The minimum Gasteiger partial charge on any atom is -0.468 e. The molecule has 0 bridgehead atoms. The van der Waals surface area contributed by atoms with Gasteiger partial charge in [0.25, 0.3) is 17.1 Å². The first-order valence-electron chi connectivity index (χ1n) is 8.69. The first-order chi connectivity index (χ1) is 13.8. The van der Waals surface area contributed by atoms with E-state index in [4.69, 9.17) is 4.74 Å². The molecule has 1 N–H and O–H groups in total. The highest BCUT2D eigenvalue weighted by atomic mass is 32.2. The van der Waals surface area contributed by atoms with Crippen molar-refractivity contribution >= 4 is 40.9 Å². The van der Waals surface area contributed by atoms with Crippen LogP contribution in [-0.4, -0.2) is 41.4 Å². The van der Waals surface area contributed by atoms with Gasteiger partial charge in [-0.25, -0.2) is 5.01 Å². The van der Waals surface area contributed by atoms with Gasteiger partial charge in [0.1, 0.15) is 6.54 Å². The summed E-state index contributed by atoms with van der Waals surface area (Å²) in [4.78, 5) is 48.6. The quantitative estimate of drug-likeness (QED) is 0.597. The van der Waals surface area contributed by atoms with E-state index >= 15 is 0 Å². The van der Waals surface area contributed by atoms with Gasteiger partial charge in [0.05, 0.1) is 12.0 Å². The zero-order chi connectivity index (χ0) is 21.1. The first kappa shape index (κ1) is 20.4. The van der Waals surface area contributed by atoms with Crippen LogP contribution in [0.15, 0.2) is 41.3 Å². The molecule has 0 saturated carbocycles. The maximum absolute atomic E-state index is 13.1. The number of nitrogens with zero attached hydrogens (tertiary/aromatic N) is 2. The molecular weight excluding hydrogens is 394 g/mol. The molecule has 9 heteroatoms. The van der Waals surface area contributed by atoms with Crippen LogP contribution in [0.3, 0.4) is 0 Å². The number of benzene rings is 1. The van der Waals surface area contributed by atoms with Crippen LogP contribution < -0.4 is 10.3 Å². The van der Waals surface area contributed by atoms with Gasteiger partial charge >= 0.3 is 5.97 Å². The number of ether oxygens (including phenoxy) is 1. The molecule has 1 saturated heterocycles. The maximum atomic E-state index is 13.1. The summed E-state index contributed by atoms with van der Waals surface area (Å²) in [6.07, 6.45) is 1.59. The van der Waals surface area contributed by atoms with Crippen molar-refractivity contribution in [2.45, 2.75) is 13.8 Å². The normalized spacial score (nSPS) is 14.8. The monoisotopic (exact) mass is 413 g/mol. The highest BCUT2D eigenvalue weighted by Gasteiger charge is 2.27. The third kappa shape index (κ3) is 4.24. The Morgan fingerprint density at radius 3 is 2.48 bits per heavy atom. The summed E-state index contributed by atoms with van der Waals surface area (Å²) in [5, 5.41) is 3.07. The minimum atomic E-state index is -0.571. The molecule has 0 spiro atoms. The van der Waals surface area contributed by atoms with E-state index in [1.165, 1.54) is 12.1 Å². The van der Waals surface area contributed by atoms with Crippen LogP contribution in [0.25, 0.3) is 6.08 Å². The van der Waals surface area contributed by atoms with Crippen molar-refractivity contribution in [3.63, 3.8) is 0 Å². The number of hydrogen-bond donors (Lipinski definition) is 1. The number of methoxy groups -OCH3 is 1. The summed E-state index contributed by atoms with van der Waals surface area (Å²) in [5.41, 5.74) is 2.39. The highest BCUT2D eigenvalue weighted by Crippen LogP contribution is 2.28. The number of carbonyl (C=O) groups excluding carboxylic acids is 4. The van der Waals surface area contributed by atoms with E-state index in [0.29, 0.717) is 22.5 Å². The number of aromatic nitrogens is 1. The smallest absolute Gasteiger partial charge is 0.327 e. The average molecular weight is 413 g/mol. The predicted octanol–water partition coefficient (Wildman–Crippen LogP) is 2.38. The zero-order valence-electron chi connectivity index (χ0n) is 16.1. The van der Waals surface area contributed by atoms with E-state index < -0.39 is 17.1 Å². The second-order valence-corrected chi connectivity index (χ2v) is 7.31. The molecule has 1 aromatic heterocycles. The highest BCUT2D eigenvalue weighted by molar-refractivity contribution is 8.18. The summed E-state index contributed by atoms with van der Waals surface area (Å²) in [6, 6.07) is 10.4. The number of nitrogens with one attached hydrogen (secondary N) is 1. The summed E-state index contributed by atoms with van der Waals surface area (Å²) in [6.45, 7) is 3.26. The molecular formula is C20H19N3O5S. The van der Waals surface area contributed by atoms with Crippen LogP contribution in [0.5, 0.6) is 0 Å². The van der Waals surface area contributed by atoms with Crippen molar-refractivity contribution < 1.29 is 23.9 Å². The van der Waals surface area contributed by atoms with Gasteiger partial charge < -0.3 is 4.74 Å². The molecule has 8 nitrogen and oxygen atoms in total. The Balaban J connectivity index is 2.04. The van der Waals surface area contributed by atoms with Crippen LogP contribution in [-0.2, 0) is 14.3 Å². The van der Waals surface area contributed by atoms with Crippen LogP contribution in [0, 0.1) is 13.8 Å². The molecule has 29 heavy (non-hydrogen) atoms. The third-order valence-corrected chi connectivity index (χ3v) is 5.18.